The second kappa shape index (κ2) is 6.32. The highest BCUT2D eigenvalue weighted by atomic mass is 16.5. The van der Waals surface area contributed by atoms with Crippen LogP contribution in [0.15, 0.2) is 30.5 Å². The number of benzene rings is 1. The number of hydrogen-bond acceptors (Lipinski definition) is 3. The maximum Gasteiger partial charge on any atom is 0.240 e. The van der Waals surface area contributed by atoms with Crippen molar-refractivity contribution < 1.29 is 14.3 Å². The topological polar surface area (TPSA) is 60.3 Å². The molecule has 1 N–H and O–H groups in total. The van der Waals surface area contributed by atoms with E-state index in [9.17, 15) is 9.59 Å². The number of amides is 1. The molecule has 1 aliphatic heterocycles. The fourth-order valence-corrected chi connectivity index (χ4v) is 2.90. The second-order valence-electron chi connectivity index (χ2n) is 5.68. The predicted molar refractivity (Wildman–Crippen MR) is 83.9 cm³/mol. The van der Waals surface area contributed by atoms with Crippen molar-refractivity contribution >= 4 is 22.6 Å². The zero-order valence-electron chi connectivity index (χ0n) is 12.7. The van der Waals surface area contributed by atoms with E-state index in [4.69, 9.17) is 4.74 Å². The number of hydrogen-bond donors (Lipinski definition) is 1. The summed E-state index contributed by atoms with van der Waals surface area (Å²) in [5.74, 6) is -0.0546. The molecule has 1 fully saturated rings. The van der Waals surface area contributed by atoms with E-state index in [0.29, 0.717) is 12.1 Å². The molecule has 3 rings (SSSR count). The average molecular weight is 300 g/mol. The van der Waals surface area contributed by atoms with Gasteiger partial charge in [0.1, 0.15) is 6.54 Å². The molecular weight excluding hydrogens is 280 g/mol. The number of Topliss-reactive ketones (excluding diaryl/α,β-unsaturated/α-hetero) is 1. The molecule has 0 aliphatic carbocycles. The number of ether oxygens (including phenoxy) is 1. The summed E-state index contributed by atoms with van der Waals surface area (Å²) < 4.78 is 7.32. The summed E-state index contributed by atoms with van der Waals surface area (Å²) in [4.78, 5) is 23.8. The van der Waals surface area contributed by atoms with Crippen LogP contribution in [0.1, 0.15) is 30.1 Å². The zero-order chi connectivity index (χ0) is 15.5. The number of aromatic nitrogens is 1. The Kier molecular flexibility index (Phi) is 4.24. The van der Waals surface area contributed by atoms with Crippen molar-refractivity contribution in [3.8, 4) is 0 Å². The standard InChI is InChI=1S/C17H20N2O3/c1-12(20)15-10-19(16-7-3-2-6-14(15)16)11-17(21)18-9-13-5-4-8-22-13/h2-3,6-7,10,13H,4-5,8-9,11H2,1H3,(H,18,21)/t13-/m1/s1. The van der Waals surface area contributed by atoms with Gasteiger partial charge in [0.15, 0.2) is 5.78 Å². The lowest BCUT2D eigenvalue weighted by atomic mass is 10.1. The highest BCUT2D eigenvalue weighted by molar-refractivity contribution is 6.07. The van der Waals surface area contributed by atoms with Crippen molar-refractivity contribution in [3.63, 3.8) is 0 Å². The lowest BCUT2D eigenvalue weighted by molar-refractivity contribution is -0.122. The lowest BCUT2D eigenvalue weighted by Gasteiger charge is -2.11. The molecule has 22 heavy (non-hydrogen) atoms. The first-order chi connectivity index (χ1) is 10.6. The van der Waals surface area contributed by atoms with Crippen LogP contribution < -0.4 is 5.32 Å². The van der Waals surface area contributed by atoms with Gasteiger partial charge < -0.3 is 14.6 Å². The molecule has 0 bridgehead atoms. The molecular formula is C17H20N2O3. The third-order valence-corrected chi connectivity index (χ3v) is 4.03. The smallest absolute Gasteiger partial charge is 0.240 e. The van der Waals surface area contributed by atoms with Crippen LogP contribution in [0.2, 0.25) is 0 Å². The Bertz CT molecular complexity index is 699. The second-order valence-corrected chi connectivity index (χ2v) is 5.68. The van der Waals surface area contributed by atoms with Crippen LogP contribution in [0.4, 0.5) is 0 Å². The summed E-state index contributed by atoms with van der Waals surface area (Å²) in [5.41, 5.74) is 1.56. The van der Waals surface area contributed by atoms with Crippen LogP contribution in [-0.2, 0) is 16.1 Å². The molecule has 0 radical (unpaired) electrons. The minimum atomic E-state index is -0.0636. The van der Waals surface area contributed by atoms with E-state index >= 15 is 0 Å². The number of rotatable bonds is 5. The van der Waals surface area contributed by atoms with E-state index in [1.807, 2.05) is 28.8 Å². The van der Waals surface area contributed by atoms with Gasteiger partial charge in [0, 0.05) is 35.8 Å². The van der Waals surface area contributed by atoms with Crippen molar-refractivity contribution in [2.24, 2.45) is 0 Å². The maximum atomic E-state index is 12.1. The number of carbonyl (C=O) groups excluding carboxylic acids is 2. The third-order valence-electron chi connectivity index (χ3n) is 4.03. The highest BCUT2D eigenvalue weighted by Gasteiger charge is 2.17. The Balaban J connectivity index is 1.72. The molecule has 0 spiro atoms. The fourth-order valence-electron chi connectivity index (χ4n) is 2.90. The van der Waals surface area contributed by atoms with E-state index in [2.05, 4.69) is 5.32 Å². The van der Waals surface area contributed by atoms with Gasteiger partial charge in [0.25, 0.3) is 0 Å². The van der Waals surface area contributed by atoms with Crippen LogP contribution in [0, 0.1) is 0 Å². The molecule has 5 heteroatoms. The molecule has 5 nitrogen and oxygen atoms in total. The van der Waals surface area contributed by atoms with Crippen LogP contribution in [-0.4, -0.2) is 35.5 Å². The van der Waals surface area contributed by atoms with E-state index in [0.717, 1.165) is 30.4 Å². The fraction of sp³-hybridized carbons (Fsp3) is 0.412. The van der Waals surface area contributed by atoms with E-state index < -0.39 is 0 Å². The van der Waals surface area contributed by atoms with E-state index in [-0.39, 0.29) is 24.3 Å². The van der Waals surface area contributed by atoms with Crippen molar-refractivity contribution in [2.75, 3.05) is 13.2 Å². The molecule has 1 atom stereocenters. The summed E-state index contributed by atoms with van der Waals surface area (Å²) in [6.45, 7) is 3.09. The summed E-state index contributed by atoms with van der Waals surface area (Å²) in [6, 6.07) is 7.64. The molecule has 1 saturated heterocycles. The first kappa shape index (κ1) is 14.8. The maximum absolute atomic E-state index is 12.1. The molecule has 1 aliphatic rings. The first-order valence-corrected chi connectivity index (χ1v) is 7.62. The molecule has 116 valence electrons. The quantitative estimate of drug-likeness (QED) is 0.861. The number of ketones is 1. The minimum absolute atomic E-state index is 0.00899. The Hall–Kier alpha value is -2.14. The van der Waals surface area contributed by atoms with E-state index in [1.165, 1.54) is 0 Å². The van der Waals surface area contributed by atoms with Gasteiger partial charge in [-0.2, -0.15) is 0 Å². The van der Waals surface area contributed by atoms with Crippen molar-refractivity contribution in [1.29, 1.82) is 0 Å². The van der Waals surface area contributed by atoms with Gasteiger partial charge in [-0.1, -0.05) is 18.2 Å². The normalized spacial score (nSPS) is 17.8. The van der Waals surface area contributed by atoms with Gasteiger partial charge in [0.2, 0.25) is 5.91 Å². The number of para-hydroxylation sites is 1. The summed E-state index contributed by atoms with van der Waals surface area (Å²) in [7, 11) is 0. The largest absolute Gasteiger partial charge is 0.376 e. The molecule has 1 aromatic carbocycles. The minimum Gasteiger partial charge on any atom is -0.376 e. The summed E-state index contributed by atoms with van der Waals surface area (Å²) in [6.07, 6.45) is 3.96. The van der Waals surface area contributed by atoms with Gasteiger partial charge >= 0.3 is 0 Å². The van der Waals surface area contributed by atoms with Crippen LogP contribution in [0.5, 0.6) is 0 Å². The van der Waals surface area contributed by atoms with Crippen molar-refractivity contribution in [1.82, 2.24) is 9.88 Å². The van der Waals surface area contributed by atoms with Gasteiger partial charge in [-0.3, -0.25) is 9.59 Å². The predicted octanol–water partition coefficient (Wildman–Crippen LogP) is 2.14. The number of nitrogens with one attached hydrogen (secondary N) is 1. The Morgan fingerprint density at radius 2 is 2.18 bits per heavy atom. The third kappa shape index (κ3) is 3.04. The van der Waals surface area contributed by atoms with Crippen LogP contribution >= 0.6 is 0 Å². The molecule has 0 saturated carbocycles. The zero-order valence-corrected chi connectivity index (χ0v) is 12.7. The highest BCUT2D eigenvalue weighted by Crippen LogP contribution is 2.21. The van der Waals surface area contributed by atoms with Gasteiger partial charge in [-0.25, -0.2) is 0 Å². The Morgan fingerprint density at radius 1 is 1.36 bits per heavy atom. The molecule has 2 aromatic rings. The SMILES string of the molecule is CC(=O)c1cn(CC(=O)NC[C@H]2CCCO2)c2ccccc12. The van der Waals surface area contributed by atoms with E-state index in [1.54, 1.807) is 13.1 Å². The number of nitrogens with zero attached hydrogens (tertiary/aromatic N) is 1. The molecule has 0 unspecified atom stereocenters. The molecule has 1 aromatic heterocycles. The molecule has 2 heterocycles. The first-order valence-electron chi connectivity index (χ1n) is 7.62. The summed E-state index contributed by atoms with van der Waals surface area (Å²) in [5, 5.41) is 3.80. The molecule has 1 amide bonds. The monoisotopic (exact) mass is 300 g/mol. The average Bonchev–Trinajstić information content (AvgIpc) is 3.13. The van der Waals surface area contributed by atoms with Crippen LogP contribution in [0.3, 0.4) is 0 Å². The summed E-state index contributed by atoms with van der Waals surface area (Å²) >= 11 is 0. The van der Waals surface area contributed by atoms with Gasteiger partial charge in [-0.15, -0.1) is 0 Å². The van der Waals surface area contributed by atoms with Crippen molar-refractivity contribution in [3.05, 3.63) is 36.0 Å². The van der Waals surface area contributed by atoms with Crippen LogP contribution in [0.25, 0.3) is 10.9 Å². The Morgan fingerprint density at radius 3 is 2.91 bits per heavy atom. The van der Waals surface area contributed by atoms with Gasteiger partial charge in [-0.05, 0) is 25.8 Å². The van der Waals surface area contributed by atoms with Crippen molar-refractivity contribution in [2.45, 2.75) is 32.4 Å². The lowest BCUT2D eigenvalue weighted by Crippen LogP contribution is -2.34. The number of carbonyl (C=O) groups is 2. The number of fused-ring (bicyclic) bond motifs is 1. The Labute approximate surface area is 129 Å². The van der Waals surface area contributed by atoms with Gasteiger partial charge in [0.05, 0.1) is 6.10 Å².